The van der Waals surface area contributed by atoms with Crippen LogP contribution in [0.4, 0.5) is 0 Å². The molecule has 0 spiro atoms. The molecule has 0 aliphatic carbocycles. The smallest absolute Gasteiger partial charge is 0.263 e. The minimum absolute atomic E-state index is 0.0446. The number of amides is 1. The van der Waals surface area contributed by atoms with Crippen molar-refractivity contribution in [1.82, 2.24) is 10.6 Å². The van der Waals surface area contributed by atoms with Crippen LogP contribution >= 0.6 is 22.9 Å². The van der Waals surface area contributed by atoms with Crippen LogP contribution < -0.4 is 10.6 Å². The first-order valence-corrected chi connectivity index (χ1v) is 6.69. The normalized spacial score (nSPS) is 20.8. The fourth-order valence-corrected chi connectivity index (χ4v) is 2.99. The average Bonchev–Trinajstić information content (AvgIpc) is 2.61. The molecule has 0 saturated carbocycles. The van der Waals surface area contributed by atoms with E-state index >= 15 is 0 Å². The summed E-state index contributed by atoms with van der Waals surface area (Å²) in [5, 5.41) is 8.78. The number of aryl methyl sites for hydroxylation is 1. The molecule has 16 heavy (non-hydrogen) atoms. The number of rotatable bonds is 2. The van der Waals surface area contributed by atoms with Crippen molar-refractivity contribution in [3.63, 3.8) is 0 Å². The number of halogens is 1. The molecule has 5 heteroatoms. The molecule has 1 amide bonds. The number of hydrogen-bond acceptors (Lipinski definition) is 3. The molecule has 0 aromatic carbocycles. The van der Waals surface area contributed by atoms with E-state index in [2.05, 4.69) is 10.6 Å². The molecule has 1 saturated heterocycles. The Kier molecular flexibility index (Phi) is 3.84. The van der Waals surface area contributed by atoms with Gasteiger partial charge in [-0.3, -0.25) is 4.79 Å². The van der Waals surface area contributed by atoms with E-state index < -0.39 is 0 Å². The molecule has 1 aromatic heterocycles. The van der Waals surface area contributed by atoms with Gasteiger partial charge in [-0.1, -0.05) is 11.6 Å². The number of thiophene rings is 1. The van der Waals surface area contributed by atoms with Gasteiger partial charge in [-0.05, 0) is 37.3 Å². The summed E-state index contributed by atoms with van der Waals surface area (Å²) < 4.78 is 0. The van der Waals surface area contributed by atoms with Gasteiger partial charge in [0, 0.05) is 12.6 Å². The number of piperidine rings is 1. The van der Waals surface area contributed by atoms with Gasteiger partial charge in [-0.25, -0.2) is 0 Å². The third kappa shape index (κ3) is 2.56. The summed E-state index contributed by atoms with van der Waals surface area (Å²) in [5.74, 6) is -0.0446. The van der Waals surface area contributed by atoms with Gasteiger partial charge in [0.05, 0.1) is 5.02 Å². The molecule has 2 rings (SSSR count). The van der Waals surface area contributed by atoms with Crippen molar-refractivity contribution >= 4 is 28.8 Å². The second kappa shape index (κ2) is 5.17. The summed E-state index contributed by atoms with van der Waals surface area (Å²) >= 11 is 7.46. The lowest BCUT2D eigenvalue weighted by molar-refractivity contribution is 0.0935. The summed E-state index contributed by atoms with van der Waals surface area (Å²) in [5.41, 5.74) is 0.971. The maximum absolute atomic E-state index is 11.9. The fraction of sp³-hybridized carbons (Fsp3) is 0.545. The zero-order valence-electron chi connectivity index (χ0n) is 9.18. The SMILES string of the molecule is Cc1csc(C(=O)NC2CCCNC2)c1Cl. The monoisotopic (exact) mass is 258 g/mol. The predicted octanol–water partition coefficient (Wildman–Crippen LogP) is 2.19. The van der Waals surface area contributed by atoms with Gasteiger partial charge in [-0.15, -0.1) is 11.3 Å². The molecular weight excluding hydrogens is 244 g/mol. The summed E-state index contributed by atoms with van der Waals surface area (Å²) in [7, 11) is 0. The topological polar surface area (TPSA) is 41.1 Å². The second-order valence-corrected chi connectivity index (χ2v) is 5.34. The molecule has 1 aliphatic rings. The molecule has 2 N–H and O–H groups in total. The fourth-order valence-electron chi connectivity index (χ4n) is 1.81. The first kappa shape index (κ1) is 11.9. The van der Waals surface area contributed by atoms with Crippen LogP contribution in [0.3, 0.4) is 0 Å². The van der Waals surface area contributed by atoms with Gasteiger partial charge in [0.1, 0.15) is 4.88 Å². The second-order valence-electron chi connectivity index (χ2n) is 4.08. The lowest BCUT2D eigenvalue weighted by Crippen LogP contribution is -2.45. The maximum atomic E-state index is 11.9. The molecule has 1 atom stereocenters. The van der Waals surface area contributed by atoms with Gasteiger partial charge in [0.15, 0.2) is 0 Å². The van der Waals surface area contributed by atoms with Gasteiger partial charge in [0.2, 0.25) is 0 Å². The van der Waals surface area contributed by atoms with E-state index in [0.29, 0.717) is 9.90 Å². The van der Waals surface area contributed by atoms with Gasteiger partial charge in [-0.2, -0.15) is 0 Å². The first-order chi connectivity index (χ1) is 7.68. The Balaban J connectivity index is 1.99. The number of hydrogen-bond donors (Lipinski definition) is 2. The molecule has 1 unspecified atom stereocenters. The first-order valence-electron chi connectivity index (χ1n) is 5.43. The summed E-state index contributed by atoms with van der Waals surface area (Å²) in [6.07, 6.45) is 2.16. The van der Waals surface area contributed by atoms with E-state index in [9.17, 15) is 4.79 Å². The Bertz CT molecular complexity index is 385. The van der Waals surface area contributed by atoms with Crippen LogP contribution in [-0.2, 0) is 0 Å². The Labute approximate surface area is 104 Å². The van der Waals surface area contributed by atoms with Crippen molar-refractivity contribution in [1.29, 1.82) is 0 Å². The molecule has 88 valence electrons. The highest BCUT2D eigenvalue weighted by Crippen LogP contribution is 2.27. The zero-order valence-corrected chi connectivity index (χ0v) is 10.8. The highest BCUT2D eigenvalue weighted by molar-refractivity contribution is 7.13. The molecule has 1 aliphatic heterocycles. The lowest BCUT2D eigenvalue weighted by atomic mass is 10.1. The van der Waals surface area contributed by atoms with Gasteiger partial charge >= 0.3 is 0 Å². The van der Waals surface area contributed by atoms with Crippen molar-refractivity contribution in [2.75, 3.05) is 13.1 Å². The van der Waals surface area contributed by atoms with E-state index in [1.165, 1.54) is 11.3 Å². The van der Waals surface area contributed by atoms with Crippen molar-refractivity contribution in [2.24, 2.45) is 0 Å². The standard InChI is InChI=1S/C11H15ClN2OS/c1-7-6-16-10(9(7)12)11(15)14-8-3-2-4-13-5-8/h6,8,13H,2-5H2,1H3,(H,14,15). The number of nitrogens with one attached hydrogen (secondary N) is 2. The highest BCUT2D eigenvalue weighted by atomic mass is 35.5. The van der Waals surface area contributed by atoms with E-state index in [0.717, 1.165) is 31.5 Å². The molecular formula is C11H15ClN2OS. The van der Waals surface area contributed by atoms with Crippen molar-refractivity contribution in [3.8, 4) is 0 Å². The van der Waals surface area contributed by atoms with Gasteiger partial charge < -0.3 is 10.6 Å². The Morgan fingerprint density at radius 3 is 3.06 bits per heavy atom. The Morgan fingerprint density at radius 2 is 2.50 bits per heavy atom. The van der Waals surface area contributed by atoms with Gasteiger partial charge in [0.25, 0.3) is 5.91 Å². The summed E-state index contributed by atoms with van der Waals surface area (Å²) in [4.78, 5) is 12.6. The number of carbonyl (C=O) groups is 1. The third-order valence-electron chi connectivity index (χ3n) is 2.74. The van der Waals surface area contributed by atoms with Crippen LogP contribution in [0, 0.1) is 6.92 Å². The van der Waals surface area contributed by atoms with E-state index in [1.54, 1.807) is 0 Å². The molecule has 2 heterocycles. The largest absolute Gasteiger partial charge is 0.347 e. The van der Waals surface area contributed by atoms with Crippen molar-refractivity contribution in [2.45, 2.75) is 25.8 Å². The predicted molar refractivity (Wildman–Crippen MR) is 67.4 cm³/mol. The number of carbonyl (C=O) groups excluding carboxylic acids is 1. The minimum atomic E-state index is -0.0446. The van der Waals surface area contributed by atoms with E-state index in [1.807, 2.05) is 12.3 Å². The van der Waals surface area contributed by atoms with Crippen LogP contribution in [0.2, 0.25) is 5.02 Å². The van der Waals surface area contributed by atoms with E-state index in [4.69, 9.17) is 11.6 Å². The van der Waals surface area contributed by atoms with Crippen LogP contribution in [-0.4, -0.2) is 25.0 Å². The van der Waals surface area contributed by atoms with Crippen molar-refractivity contribution in [3.05, 3.63) is 20.8 Å². The Hall–Kier alpha value is -0.580. The zero-order chi connectivity index (χ0) is 11.5. The molecule has 0 radical (unpaired) electrons. The van der Waals surface area contributed by atoms with Crippen LogP contribution in [0.25, 0.3) is 0 Å². The lowest BCUT2D eigenvalue weighted by Gasteiger charge is -2.23. The van der Waals surface area contributed by atoms with Crippen LogP contribution in [0.1, 0.15) is 28.1 Å². The molecule has 0 bridgehead atoms. The minimum Gasteiger partial charge on any atom is -0.347 e. The maximum Gasteiger partial charge on any atom is 0.263 e. The Morgan fingerprint density at radius 1 is 1.69 bits per heavy atom. The van der Waals surface area contributed by atoms with Crippen LogP contribution in [0.15, 0.2) is 5.38 Å². The molecule has 3 nitrogen and oxygen atoms in total. The van der Waals surface area contributed by atoms with Crippen LogP contribution in [0.5, 0.6) is 0 Å². The third-order valence-corrected chi connectivity index (χ3v) is 4.43. The summed E-state index contributed by atoms with van der Waals surface area (Å²) in [6.45, 7) is 3.82. The van der Waals surface area contributed by atoms with E-state index in [-0.39, 0.29) is 11.9 Å². The quantitative estimate of drug-likeness (QED) is 0.854. The molecule has 1 fully saturated rings. The average molecular weight is 259 g/mol. The highest BCUT2D eigenvalue weighted by Gasteiger charge is 2.19. The van der Waals surface area contributed by atoms with Crippen molar-refractivity contribution < 1.29 is 4.79 Å². The summed E-state index contributed by atoms with van der Waals surface area (Å²) in [6, 6.07) is 0.236. The molecule has 1 aromatic rings.